The van der Waals surface area contributed by atoms with Crippen molar-refractivity contribution in [1.29, 1.82) is 0 Å². The lowest BCUT2D eigenvalue weighted by molar-refractivity contribution is 0.0950. The summed E-state index contributed by atoms with van der Waals surface area (Å²) in [5.74, 6) is 0.115. The van der Waals surface area contributed by atoms with E-state index >= 15 is 0 Å². The molecule has 0 saturated heterocycles. The van der Waals surface area contributed by atoms with Gasteiger partial charge >= 0.3 is 0 Å². The first kappa shape index (κ1) is 20.1. The van der Waals surface area contributed by atoms with Crippen LogP contribution in [0.4, 0.5) is 5.69 Å². The number of hydrogen-bond donors (Lipinski definition) is 2. The van der Waals surface area contributed by atoms with Crippen LogP contribution >= 0.6 is 0 Å². The molecule has 1 heterocycles. The summed E-state index contributed by atoms with van der Waals surface area (Å²) >= 11 is 0. The molecule has 0 fully saturated rings. The summed E-state index contributed by atoms with van der Waals surface area (Å²) in [7, 11) is 0. The van der Waals surface area contributed by atoms with Gasteiger partial charge in [0.05, 0.1) is 17.7 Å². The molecule has 2 amide bonds. The fraction of sp³-hybridized carbons (Fsp3) is 0.174. The summed E-state index contributed by atoms with van der Waals surface area (Å²) in [6.07, 6.45) is 2.88. The highest BCUT2D eigenvalue weighted by atomic mass is 16.5. The number of anilines is 1. The molecule has 0 radical (unpaired) electrons. The number of amides is 2. The molecule has 0 aliphatic heterocycles. The van der Waals surface area contributed by atoms with Crippen molar-refractivity contribution in [2.24, 2.45) is 0 Å². The fourth-order valence-corrected chi connectivity index (χ4v) is 2.80. The molecule has 148 valence electrons. The van der Waals surface area contributed by atoms with E-state index in [1.165, 1.54) is 18.5 Å². The Labute approximate surface area is 169 Å². The fourth-order valence-electron chi connectivity index (χ4n) is 2.80. The lowest BCUT2D eigenvalue weighted by atomic mass is 10.1. The lowest BCUT2D eigenvalue weighted by Gasteiger charge is -2.09. The van der Waals surface area contributed by atoms with Crippen LogP contribution in [0.25, 0.3) is 0 Å². The van der Waals surface area contributed by atoms with Gasteiger partial charge in [-0.15, -0.1) is 0 Å². The molecular formula is C23H23N3O3. The van der Waals surface area contributed by atoms with Gasteiger partial charge in [-0.25, -0.2) is 0 Å². The van der Waals surface area contributed by atoms with E-state index in [4.69, 9.17) is 4.74 Å². The zero-order valence-electron chi connectivity index (χ0n) is 16.4. The summed E-state index contributed by atoms with van der Waals surface area (Å²) in [5.41, 5.74) is 3.41. The summed E-state index contributed by atoms with van der Waals surface area (Å²) in [4.78, 5) is 29.0. The zero-order valence-corrected chi connectivity index (χ0v) is 16.4. The Bertz CT molecular complexity index is 1000. The highest BCUT2D eigenvalue weighted by Gasteiger charge is 2.12. The van der Waals surface area contributed by atoms with Gasteiger partial charge in [-0.1, -0.05) is 29.8 Å². The first-order valence-electron chi connectivity index (χ1n) is 9.38. The van der Waals surface area contributed by atoms with Crippen molar-refractivity contribution in [1.82, 2.24) is 10.3 Å². The minimum absolute atomic E-state index is 0.283. The van der Waals surface area contributed by atoms with Gasteiger partial charge in [0, 0.05) is 24.6 Å². The number of benzene rings is 2. The minimum atomic E-state index is -0.338. The summed E-state index contributed by atoms with van der Waals surface area (Å²) in [6, 6.07) is 16.5. The molecule has 29 heavy (non-hydrogen) atoms. The predicted octanol–water partition coefficient (Wildman–Crippen LogP) is 3.97. The molecule has 0 atom stereocenters. The van der Waals surface area contributed by atoms with E-state index in [1.54, 1.807) is 24.3 Å². The third-order valence-electron chi connectivity index (χ3n) is 4.22. The van der Waals surface area contributed by atoms with Gasteiger partial charge in [0.2, 0.25) is 0 Å². The van der Waals surface area contributed by atoms with Gasteiger partial charge in [0.25, 0.3) is 11.8 Å². The number of pyridine rings is 1. The quantitative estimate of drug-likeness (QED) is 0.641. The molecule has 6 heteroatoms. The monoisotopic (exact) mass is 389 g/mol. The van der Waals surface area contributed by atoms with Crippen molar-refractivity contribution < 1.29 is 14.3 Å². The number of aromatic nitrogens is 1. The Hall–Kier alpha value is -3.67. The molecule has 3 aromatic rings. The Morgan fingerprint density at radius 1 is 0.966 bits per heavy atom. The largest absolute Gasteiger partial charge is 0.494 e. The smallest absolute Gasteiger partial charge is 0.257 e. The standard InChI is InChI=1S/C23H23N3O3/c1-3-29-21-9-7-20(8-10-21)26-23(28)19-12-18(14-24-15-19)22(27)25-13-17-6-4-5-16(2)11-17/h4-12,14-15H,3,13H2,1-2H3,(H,25,27)(H,26,28). The SMILES string of the molecule is CCOc1ccc(NC(=O)c2cncc(C(=O)NCc3cccc(C)c3)c2)cc1. The van der Waals surface area contributed by atoms with Crippen LogP contribution in [0.3, 0.4) is 0 Å². The second-order valence-corrected chi connectivity index (χ2v) is 6.55. The number of aryl methyl sites for hydroxylation is 1. The maximum absolute atomic E-state index is 12.5. The Morgan fingerprint density at radius 3 is 2.38 bits per heavy atom. The molecule has 0 spiro atoms. The third kappa shape index (κ3) is 5.65. The Balaban J connectivity index is 1.63. The van der Waals surface area contributed by atoms with Crippen LogP contribution in [0.5, 0.6) is 5.75 Å². The van der Waals surface area contributed by atoms with Crippen LogP contribution < -0.4 is 15.4 Å². The van der Waals surface area contributed by atoms with E-state index in [1.807, 2.05) is 38.1 Å². The number of ether oxygens (including phenoxy) is 1. The molecule has 0 saturated carbocycles. The second-order valence-electron chi connectivity index (χ2n) is 6.55. The van der Waals surface area contributed by atoms with E-state index in [0.29, 0.717) is 30.0 Å². The van der Waals surface area contributed by atoms with Crippen LogP contribution in [0.1, 0.15) is 38.8 Å². The van der Waals surface area contributed by atoms with Gasteiger partial charge in [0.15, 0.2) is 0 Å². The van der Waals surface area contributed by atoms with Gasteiger partial charge in [0.1, 0.15) is 5.75 Å². The van der Waals surface area contributed by atoms with Gasteiger partial charge in [-0.05, 0) is 49.7 Å². The first-order valence-corrected chi connectivity index (χ1v) is 9.38. The number of hydrogen-bond acceptors (Lipinski definition) is 4. The van der Waals surface area contributed by atoms with E-state index in [2.05, 4.69) is 15.6 Å². The van der Waals surface area contributed by atoms with Crippen LogP contribution in [-0.4, -0.2) is 23.4 Å². The second kappa shape index (κ2) is 9.50. The zero-order chi connectivity index (χ0) is 20.6. The van der Waals surface area contributed by atoms with Gasteiger partial charge in [-0.3, -0.25) is 14.6 Å². The maximum Gasteiger partial charge on any atom is 0.257 e. The van der Waals surface area contributed by atoms with Crippen molar-refractivity contribution >= 4 is 17.5 Å². The molecule has 0 bridgehead atoms. The molecule has 0 unspecified atom stereocenters. The highest BCUT2D eigenvalue weighted by molar-refractivity contribution is 6.05. The average molecular weight is 389 g/mol. The third-order valence-corrected chi connectivity index (χ3v) is 4.22. The van der Waals surface area contributed by atoms with Crippen molar-refractivity contribution in [3.63, 3.8) is 0 Å². The van der Waals surface area contributed by atoms with Crippen LogP contribution in [0, 0.1) is 6.92 Å². The number of carbonyl (C=O) groups excluding carboxylic acids is 2. The molecule has 0 aliphatic rings. The number of nitrogens with one attached hydrogen (secondary N) is 2. The van der Waals surface area contributed by atoms with E-state index in [9.17, 15) is 9.59 Å². The van der Waals surface area contributed by atoms with Crippen molar-refractivity contribution in [3.05, 3.63) is 89.2 Å². The molecular weight excluding hydrogens is 366 g/mol. The topological polar surface area (TPSA) is 80.3 Å². The summed E-state index contributed by atoms with van der Waals surface area (Å²) in [6.45, 7) is 4.90. The van der Waals surface area contributed by atoms with Crippen molar-refractivity contribution in [3.8, 4) is 5.75 Å². The molecule has 1 aromatic heterocycles. The summed E-state index contributed by atoms with van der Waals surface area (Å²) in [5, 5.41) is 5.64. The number of nitrogens with zero attached hydrogens (tertiary/aromatic N) is 1. The lowest BCUT2D eigenvalue weighted by Crippen LogP contribution is -2.23. The first-order chi connectivity index (χ1) is 14.0. The molecule has 0 aliphatic carbocycles. The van der Waals surface area contributed by atoms with Crippen LogP contribution in [-0.2, 0) is 6.54 Å². The van der Waals surface area contributed by atoms with Crippen LogP contribution in [0.2, 0.25) is 0 Å². The van der Waals surface area contributed by atoms with Gasteiger partial charge < -0.3 is 15.4 Å². The normalized spacial score (nSPS) is 10.3. The maximum atomic E-state index is 12.5. The number of rotatable bonds is 7. The van der Waals surface area contributed by atoms with E-state index < -0.39 is 0 Å². The van der Waals surface area contributed by atoms with Crippen LogP contribution in [0.15, 0.2) is 67.0 Å². The molecule has 3 rings (SSSR count). The summed E-state index contributed by atoms with van der Waals surface area (Å²) < 4.78 is 5.39. The highest BCUT2D eigenvalue weighted by Crippen LogP contribution is 2.16. The molecule has 2 aromatic carbocycles. The number of carbonyl (C=O) groups is 2. The minimum Gasteiger partial charge on any atom is -0.494 e. The van der Waals surface area contributed by atoms with Crippen molar-refractivity contribution in [2.75, 3.05) is 11.9 Å². The van der Waals surface area contributed by atoms with Crippen molar-refractivity contribution in [2.45, 2.75) is 20.4 Å². The predicted molar refractivity (Wildman–Crippen MR) is 112 cm³/mol. The van der Waals surface area contributed by atoms with E-state index in [0.717, 1.165) is 16.9 Å². The molecule has 2 N–H and O–H groups in total. The average Bonchev–Trinajstić information content (AvgIpc) is 2.74. The van der Waals surface area contributed by atoms with Gasteiger partial charge in [-0.2, -0.15) is 0 Å². The Kier molecular flexibility index (Phi) is 6.58. The Morgan fingerprint density at radius 2 is 1.69 bits per heavy atom. The van der Waals surface area contributed by atoms with E-state index in [-0.39, 0.29) is 11.8 Å². The molecule has 6 nitrogen and oxygen atoms in total.